The molecule has 1 aliphatic rings. The van der Waals surface area contributed by atoms with Crippen molar-refractivity contribution in [3.8, 4) is 0 Å². The molecule has 0 bridgehead atoms. The van der Waals surface area contributed by atoms with Crippen LogP contribution in [0.3, 0.4) is 0 Å². The number of piperidine rings is 1. The maximum absolute atomic E-state index is 11.5. The van der Waals surface area contributed by atoms with E-state index in [1.165, 1.54) is 11.8 Å². The largest absolute Gasteiger partial charge is 0.480 e. The van der Waals surface area contributed by atoms with E-state index >= 15 is 0 Å². The molecule has 0 unspecified atom stereocenters. The Labute approximate surface area is 87.9 Å². The second-order valence-electron chi connectivity index (χ2n) is 3.73. The number of amides is 2. The average molecular weight is 216 g/mol. The number of aliphatic carboxylic acids is 1. The van der Waals surface area contributed by atoms with Crippen LogP contribution in [-0.4, -0.2) is 52.3 Å². The van der Waals surface area contributed by atoms with Crippen LogP contribution in [0.15, 0.2) is 0 Å². The molecule has 0 spiro atoms. The Bertz CT molecular complexity index is 248. The van der Waals surface area contributed by atoms with Crippen LogP contribution >= 0.6 is 0 Å². The first kappa shape index (κ1) is 11.8. The van der Waals surface area contributed by atoms with E-state index in [2.05, 4.69) is 5.32 Å². The van der Waals surface area contributed by atoms with Crippen molar-refractivity contribution in [2.45, 2.75) is 31.9 Å². The van der Waals surface area contributed by atoms with Gasteiger partial charge in [0, 0.05) is 13.1 Å². The first-order valence-electron chi connectivity index (χ1n) is 4.97. The third-order valence-corrected chi connectivity index (χ3v) is 2.46. The minimum absolute atomic E-state index is 0.342. The number of carboxylic acids is 1. The van der Waals surface area contributed by atoms with Gasteiger partial charge in [0.2, 0.25) is 0 Å². The van der Waals surface area contributed by atoms with Crippen molar-refractivity contribution in [1.82, 2.24) is 10.2 Å². The summed E-state index contributed by atoms with van der Waals surface area (Å²) in [5.74, 6) is -1.06. The minimum Gasteiger partial charge on any atom is -0.480 e. The number of likely N-dealkylation sites (tertiary alicyclic amines) is 1. The van der Waals surface area contributed by atoms with Gasteiger partial charge in [0.25, 0.3) is 0 Å². The van der Waals surface area contributed by atoms with Crippen molar-refractivity contribution >= 4 is 12.0 Å². The molecule has 6 heteroatoms. The molecule has 0 radical (unpaired) electrons. The highest BCUT2D eigenvalue weighted by atomic mass is 16.4. The number of carbonyl (C=O) groups is 2. The number of hydrogen-bond donors (Lipinski definition) is 3. The van der Waals surface area contributed by atoms with Crippen LogP contribution in [0.25, 0.3) is 0 Å². The summed E-state index contributed by atoms with van der Waals surface area (Å²) in [6, 6.07) is -1.26. The highest BCUT2D eigenvalue weighted by Gasteiger charge is 2.23. The smallest absolute Gasteiger partial charge is 0.325 e. The van der Waals surface area contributed by atoms with Crippen LogP contribution in [0.4, 0.5) is 4.79 Å². The second kappa shape index (κ2) is 4.97. The lowest BCUT2D eigenvalue weighted by Gasteiger charge is -2.30. The van der Waals surface area contributed by atoms with Gasteiger partial charge in [-0.15, -0.1) is 0 Å². The molecule has 6 nitrogen and oxygen atoms in total. The summed E-state index contributed by atoms with van der Waals surface area (Å²) in [5, 5.41) is 20.2. The zero-order valence-electron chi connectivity index (χ0n) is 8.64. The van der Waals surface area contributed by atoms with Crippen molar-refractivity contribution < 1.29 is 19.8 Å². The van der Waals surface area contributed by atoms with Gasteiger partial charge in [0.1, 0.15) is 6.04 Å². The zero-order valence-corrected chi connectivity index (χ0v) is 8.64. The number of urea groups is 1. The molecule has 0 aromatic rings. The Kier molecular flexibility index (Phi) is 3.90. The van der Waals surface area contributed by atoms with Crippen LogP contribution in [0.1, 0.15) is 19.8 Å². The van der Waals surface area contributed by atoms with E-state index in [1.807, 2.05) is 0 Å². The van der Waals surface area contributed by atoms with Gasteiger partial charge in [-0.05, 0) is 19.8 Å². The molecule has 0 aliphatic carbocycles. The number of aliphatic hydroxyl groups is 1. The average Bonchev–Trinajstić information content (AvgIpc) is 2.18. The molecule has 1 saturated heterocycles. The summed E-state index contributed by atoms with van der Waals surface area (Å²) in [4.78, 5) is 23.5. The van der Waals surface area contributed by atoms with Gasteiger partial charge in [-0.1, -0.05) is 0 Å². The van der Waals surface area contributed by atoms with E-state index in [1.54, 1.807) is 0 Å². The highest BCUT2D eigenvalue weighted by Crippen LogP contribution is 2.09. The molecule has 15 heavy (non-hydrogen) atoms. The van der Waals surface area contributed by atoms with Crippen molar-refractivity contribution in [3.63, 3.8) is 0 Å². The molecule has 3 N–H and O–H groups in total. The molecular weight excluding hydrogens is 200 g/mol. The molecule has 1 heterocycles. The predicted molar refractivity (Wildman–Crippen MR) is 52.4 cm³/mol. The van der Waals surface area contributed by atoms with E-state index < -0.39 is 12.0 Å². The molecule has 0 saturated carbocycles. The SMILES string of the molecule is C[C@@H](NC(=O)N1CCC(O)CC1)C(=O)O. The minimum atomic E-state index is -1.06. The zero-order chi connectivity index (χ0) is 11.4. The molecule has 1 aliphatic heterocycles. The van der Waals surface area contributed by atoms with Gasteiger partial charge in [-0.3, -0.25) is 4.79 Å². The molecule has 1 atom stereocenters. The number of aliphatic hydroxyl groups excluding tert-OH is 1. The summed E-state index contributed by atoms with van der Waals surface area (Å²) in [6.45, 7) is 2.36. The van der Waals surface area contributed by atoms with Crippen LogP contribution in [-0.2, 0) is 4.79 Å². The molecule has 86 valence electrons. The van der Waals surface area contributed by atoms with E-state index in [0.717, 1.165) is 0 Å². The van der Waals surface area contributed by atoms with Gasteiger partial charge in [-0.2, -0.15) is 0 Å². The van der Waals surface area contributed by atoms with E-state index in [-0.39, 0.29) is 12.1 Å². The summed E-state index contributed by atoms with van der Waals surface area (Å²) < 4.78 is 0. The number of rotatable bonds is 2. The molecule has 0 aromatic carbocycles. The summed E-state index contributed by atoms with van der Waals surface area (Å²) in [6.07, 6.45) is 0.759. The number of carboxylic acid groups (broad SMARTS) is 1. The fourth-order valence-electron chi connectivity index (χ4n) is 1.41. The molecule has 2 amide bonds. The lowest BCUT2D eigenvalue weighted by Crippen LogP contribution is -2.49. The summed E-state index contributed by atoms with van der Waals surface area (Å²) >= 11 is 0. The standard InChI is InChI=1S/C9H16N2O4/c1-6(8(13)14)10-9(15)11-4-2-7(12)3-5-11/h6-7,12H,2-5H2,1H3,(H,10,15)(H,13,14)/t6-/m1/s1. The normalized spacial score (nSPS) is 19.7. The maximum atomic E-state index is 11.5. The Morgan fingerprint density at radius 3 is 2.40 bits per heavy atom. The van der Waals surface area contributed by atoms with Crippen molar-refractivity contribution in [1.29, 1.82) is 0 Å². The first-order valence-corrected chi connectivity index (χ1v) is 4.97. The fraction of sp³-hybridized carbons (Fsp3) is 0.778. The second-order valence-corrected chi connectivity index (χ2v) is 3.73. The lowest BCUT2D eigenvalue weighted by atomic mass is 10.1. The quantitative estimate of drug-likeness (QED) is 0.587. The van der Waals surface area contributed by atoms with Crippen LogP contribution in [0.5, 0.6) is 0 Å². The molecule has 1 fully saturated rings. The first-order chi connectivity index (χ1) is 7.00. The van der Waals surface area contributed by atoms with Crippen LogP contribution in [0.2, 0.25) is 0 Å². The molecular formula is C9H16N2O4. The van der Waals surface area contributed by atoms with Gasteiger partial charge >= 0.3 is 12.0 Å². The molecule has 0 aromatic heterocycles. The Hall–Kier alpha value is -1.30. The van der Waals surface area contributed by atoms with Gasteiger partial charge in [0.15, 0.2) is 0 Å². The van der Waals surface area contributed by atoms with Crippen molar-refractivity contribution in [3.05, 3.63) is 0 Å². The fourth-order valence-corrected chi connectivity index (χ4v) is 1.41. The monoisotopic (exact) mass is 216 g/mol. The highest BCUT2D eigenvalue weighted by molar-refractivity contribution is 5.82. The van der Waals surface area contributed by atoms with Gasteiger partial charge in [0.05, 0.1) is 6.10 Å². The van der Waals surface area contributed by atoms with Gasteiger partial charge in [-0.25, -0.2) is 4.79 Å². The summed E-state index contributed by atoms with van der Waals surface area (Å²) in [7, 11) is 0. The third-order valence-electron chi connectivity index (χ3n) is 2.46. The number of nitrogens with one attached hydrogen (secondary N) is 1. The Morgan fingerprint density at radius 2 is 1.93 bits per heavy atom. The molecule has 1 rings (SSSR count). The van der Waals surface area contributed by atoms with Crippen LogP contribution < -0.4 is 5.32 Å². The van der Waals surface area contributed by atoms with Gasteiger partial charge < -0.3 is 20.4 Å². The van der Waals surface area contributed by atoms with Crippen LogP contribution in [0, 0.1) is 0 Å². The van der Waals surface area contributed by atoms with E-state index in [0.29, 0.717) is 25.9 Å². The van der Waals surface area contributed by atoms with Crippen molar-refractivity contribution in [2.75, 3.05) is 13.1 Å². The maximum Gasteiger partial charge on any atom is 0.325 e. The number of nitrogens with zero attached hydrogens (tertiary/aromatic N) is 1. The topological polar surface area (TPSA) is 89.9 Å². The van der Waals surface area contributed by atoms with E-state index in [9.17, 15) is 14.7 Å². The van der Waals surface area contributed by atoms with Crippen molar-refractivity contribution in [2.24, 2.45) is 0 Å². The van der Waals surface area contributed by atoms with E-state index in [4.69, 9.17) is 5.11 Å². The third kappa shape index (κ3) is 3.39. The Morgan fingerprint density at radius 1 is 1.40 bits per heavy atom. The predicted octanol–water partition coefficient (Wildman–Crippen LogP) is -0.374. The lowest BCUT2D eigenvalue weighted by molar-refractivity contribution is -0.138. The summed E-state index contributed by atoms with van der Waals surface area (Å²) in [5.41, 5.74) is 0. The number of carbonyl (C=O) groups excluding carboxylic acids is 1. The number of hydrogen-bond acceptors (Lipinski definition) is 3. The Balaban J connectivity index is 2.37.